The van der Waals surface area contributed by atoms with E-state index in [0.717, 1.165) is 48.4 Å². The number of methoxy groups -OCH3 is 1. The number of nitrogens with one attached hydrogen (secondary N) is 1. The molecule has 2 aliphatic carbocycles. The predicted octanol–water partition coefficient (Wildman–Crippen LogP) is 1.65. The van der Waals surface area contributed by atoms with Gasteiger partial charge >= 0.3 is 0 Å². The summed E-state index contributed by atoms with van der Waals surface area (Å²) in [5.41, 5.74) is 9.99. The van der Waals surface area contributed by atoms with Crippen molar-refractivity contribution < 1.29 is 14.3 Å². The average Bonchev–Trinajstić information content (AvgIpc) is 3.58. The van der Waals surface area contributed by atoms with E-state index in [1.54, 1.807) is 7.11 Å². The fraction of sp³-hybridized carbons (Fsp3) is 0.667. The van der Waals surface area contributed by atoms with E-state index in [4.69, 9.17) is 20.2 Å². The number of hydrogen-bond acceptors (Lipinski definition) is 6. The molecular weight excluding hydrogens is 392 g/mol. The molecule has 3 aliphatic rings. The minimum atomic E-state index is -0.395. The molecule has 1 aliphatic heterocycles. The van der Waals surface area contributed by atoms with Crippen LogP contribution >= 0.6 is 0 Å². The number of amides is 1. The first-order valence-corrected chi connectivity index (χ1v) is 11.3. The van der Waals surface area contributed by atoms with Gasteiger partial charge in [0.2, 0.25) is 0 Å². The second-order valence-electron chi connectivity index (χ2n) is 8.47. The third kappa shape index (κ3) is 6.67. The summed E-state index contributed by atoms with van der Waals surface area (Å²) in [6.07, 6.45) is 5.29. The van der Waals surface area contributed by atoms with E-state index < -0.39 is 6.10 Å². The Kier molecular flexibility index (Phi) is 8.70. The maximum Gasteiger partial charge on any atom is 0.253 e. The summed E-state index contributed by atoms with van der Waals surface area (Å²) in [6, 6.07) is 0.308. The fourth-order valence-corrected chi connectivity index (χ4v) is 4.13. The summed E-state index contributed by atoms with van der Waals surface area (Å²) >= 11 is 0. The van der Waals surface area contributed by atoms with Crippen molar-refractivity contribution in [2.75, 3.05) is 46.5 Å². The Balaban J connectivity index is 1.76. The highest BCUT2D eigenvalue weighted by atomic mass is 16.5. The highest BCUT2D eigenvalue weighted by Crippen LogP contribution is 2.30. The predicted molar refractivity (Wildman–Crippen MR) is 123 cm³/mol. The molecule has 1 amide bonds. The molecule has 7 nitrogen and oxygen atoms in total. The molecule has 7 heteroatoms. The van der Waals surface area contributed by atoms with E-state index in [1.807, 2.05) is 11.8 Å². The van der Waals surface area contributed by atoms with Gasteiger partial charge in [-0.15, -0.1) is 0 Å². The van der Waals surface area contributed by atoms with E-state index in [2.05, 4.69) is 30.2 Å². The lowest BCUT2D eigenvalue weighted by Crippen LogP contribution is -2.51. The quantitative estimate of drug-likeness (QED) is 0.453. The SMILES string of the molecule is COCCCN=C1CC#CC(CN(C(=O)[C@H]2CNCCO2)C2CC2)/C=C(/C)C1=C(C)N. The molecule has 2 atom stereocenters. The monoisotopic (exact) mass is 428 g/mol. The molecule has 1 saturated carbocycles. The lowest BCUT2D eigenvalue weighted by Gasteiger charge is -2.31. The van der Waals surface area contributed by atoms with Gasteiger partial charge in [-0.1, -0.05) is 17.9 Å². The van der Waals surface area contributed by atoms with Crippen LogP contribution < -0.4 is 11.1 Å². The van der Waals surface area contributed by atoms with Crippen molar-refractivity contribution in [1.29, 1.82) is 0 Å². The molecule has 3 rings (SSSR count). The third-order valence-electron chi connectivity index (χ3n) is 5.75. The van der Waals surface area contributed by atoms with Gasteiger partial charge in [-0.3, -0.25) is 9.79 Å². The summed E-state index contributed by atoms with van der Waals surface area (Å²) in [6.45, 7) is 7.89. The standard InChI is InChI=1S/C24H36N4O3/c1-17-14-19(6-4-7-21(23(17)18(2)25)27-10-5-12-30-3)16-28(20-8-9-20)24(29)22-15-26-11-13-31-22/h14,19-20,22,26H,5,7-13,15-16,25H2,1-3H3/b17-14-,23-18?,27-21?/t19?,22-/m1/s1. The number of hydrogen-bond donors (Lipinski definition) is 2. The summed E-state index contributed by atoms with van der Waals surface area (Å²) in [4.78, 5) is 19.9. The molecule has 0 aromatic heterocycles. The molecule has 1 unspecified atom stereocenters. The maximum absolute atomic E-state index is 13.1. The Morgan fingerprint density at radius 3 is 2.90 bits per heavy atom. The number of aliphatic imine (C=N–C) groups is 1. The number of ether oxygens (including phenoxy) is 2. The van der Waals surface area contributed by atoms with Gasteiger partial charge in [0.25, 0.3) is 5.91 Å². The van der Waals surface area contributed by atoms with Crippen LogP contribution in [0.3, 0.4) is 0 Å². The second kappa shape index (κ2) is 11.5. The largest absolute Gasteiger partial charge is 0.402 e. The molecule has 170 valence electrons. The molecule has 3 N–H and O–H groups in total. The molecule has 1 saturated heterocycles. The molecule has 0 aromatic carbocycles. The smallest absolute Gasteiger partial charge is 0.253 e. The molecule has 0 radical (unpaired) electrons. The van der Waals surface area contributed by atoms with E-state index in [9.17, 15) is 4.79 Å². The zero-order valence-corrected chi connectivity index (χ0v) is 19.1. The van der Waals surface area contributed by atoms with Crippen LogP contribution in [0.2, 0.25) is 0 Å². The topological polar surface area (TPSA) is 89.2 Å². The van der Waals surface area contributed by atoms with Crippen molar-refractivity contribution in [3.63, 3.8) is 0 Å². The van der Waals surface area contributed by atoms with Crippen molar-refractivity contribution in [2.45, 2.75) is 51.7 Å². The van der Waals surface area contributed by atoms with Gasteiger partial charge in [0.15, 0.2) is 0 Å². The second-order valence-corrected chi connectivity index (χ2v) is 8.47. The third-order valence-corrected chi connectivity index (χ3v) is 5.75. The van der Waals surface area contributed by atoms with Gasteiger partial charge in [0.05, 0.1) is 24.7 Å². The zero-order chi connectivity index (χ0) is 22.2. The molecule has 0 aromatic rings. The van der Waals surface area contributed by atoms with Gasteiger partial charge < -0.3 is 25.4 Å². The number of morpholine rings is 1. The van der Waals surface area contributed by atoms with Crippen LogP contribution in [0.5, 0.6) is 0 Å². The normalized spacial score (nSPS) is 28.6. The van der Waals surface area contributed by atoms with Crippen LogP contribution in [0.15, 0.2) is 27.9 Å². The average molecular weight is 429 g/mol. The van der Waals surface area contributed by atoms with Gasteiger partial charge in [0, 0.05) is 57.2 Å². The number of nitrogens with two attached hydrogens (primary N) is 1. The van der Waals surface area contributed by atoms with Crippen LogP contribution in [0.1, 0.15) is 39.5 Å². The van der Waals surface area contributed by atoms with Gasteiger partial charge in [-0.05, 0) is 38.7 Å². The first-order valence-electron chi connectivity index (χ1n) is 11.3. The summed E-state index contributed by atoms with van der Waals surface area (Å²) < 4.78 is 10.8. The molecule has 0 spiro atoms. The number of carbonyl (C=O) groups excluding carboxylic acids is 1. The highest BCUT2D eigenvalue weighted by molar-refractivity contribution is 6.05. The number of carbonyl (C=O) groups is 1. The highest BCUT2D eigenvalue weighted by Gasteiger charge is 2.37. The first-order chi connectivity index (χ1) is 15.0. The Labute approximate surface area is 186 Å². The first kappa shape index (κ1) is 23.5. The van der Waals surface area contributed by atoms with E-state index in [0.29, 0.717) is 45.3 Å². The number of allylic oxidation sites excluding steroid dienone is 3. The van der Waals surface area contributed by atoms with Crippen molar-refractivity contribution in [1.82, 2.24) is 10.2 Å². The van der Waals surface area contributed by atoms with Crippen molar-refractivity contribution in [2.24, 2.45) is 16.6 Å². The van der Waals surface area contributed by atoms with Crippen molar-refractivity contribution in [3.05, 3.63) is 22.9 Å². The molecule has 2 fully saturated rings. The van der Waals surface area contributed by atoms with Crippen LogP contribution in [-0.2, 0) is 14.3 Å². The minimum Gasteiger partial charge on any atom is -0.402 e. The summed E-state index contributed by atoms with van der Waals surface area (Å²) in [5.74, 6) is 6.70. The Bertz CT molecular complexity index is 791. The number of nitrogens with zero attached hydrogens (tertiary/aromatic N) is 2. The van der Waals surface area contributed by atoms with Gasteiger partial charge in [-0.2, -0.15) is 0 Å². The van der Waals surface area contributed by atoms with E-state index in [-0.39, 0.29) is 11.8 Å². The van der Waals surface area contributed by atoms with Crippen LogP contribution in [0.4, 0.5) is 0 Å². The van der Waals surface area contributed by atoms with Crippen molar-refractivity contribution in [3.8, 4) is 11.8 Å². The number of rotatable bonds is 8. The molecule has 0 bridgehead atoms. The van der Waals surface area contributed by atoms with E-state index in [1.165, 1.54) is 0 Å². The van der Waals surface area contributed by atoms with Gasteiger partial charge in [0.1, 0.15) is 6.10 Å². The summed E-state index contributed by atoms with van der Waals surface area (Å²) in [7, 11) is 1.70. The van der Waals surface area contributed by atoms with Crippen molar-refractivity contribution >= 4 is 11.6 Å². The zero-order valence-electron chi connectivity index (χ0n) is 19.1. The lowest BCUT2D eigenvalue weighted by molar-refractivity contribution is -0.146. The fourth-order valence-electron chi connectivity index (χ4n) is 4.13. The Morgan fingerprint density at radius 2 is 2.26 bits per heavy atom. The Morgan fingerprint density at radius 1 is 1.45 bits per heavy atom. The van der Waals surface area contributed by atoms with Crippen LogP contribution in [0, 0.1) is 17.8 Å². The van der Waals surface area contributed by atoms with Crippen LogP contribution in [-0.4, -0.2) is 75.2 Å². The Hall–Kier alpha value is -2.14. The lowest BCUT2D eigenvalue weighted by atomic mass is 9.92. The van der Waals surface area contributed by atoms with E-state index >= 15 is 0 Å². The molecule has 1 heterocycles. The van der Waals surface area contributed by atoms with Crippen LogP contribution in [0.25, 0.3) is 0 Å². The maximum atomic E-state index is 13.1. The molecule has 31 heavy (non-hydrogen) atoms. The molecular formula is C24H36N4O3. The summed E-state index contributed by atoms with van der Waals surface area (Å²) in [5, 5.41) is 3.25. The van der Waals surface area contributed by atoms with Gasteiger partial charge in [-0.25, -0.2) is 0 Å². The minimum absolute atomic E-state index is 0.0366.